The molecule has 0 spiro atoms. The minimum atomic E-state index is -4.95. The number of carbonyl (C=O) groups excluding carboxylic acids is 3. The second-order valence-corrected chi connectivity index (χ2v) is 6.57. The molecule has 2 rings (SSSR count). The highest BCUT2D eigenvalue weighted by molar-refractivity contribution is 5.89. The summed E-state index contributed by atoms with van der Waals surface area (Å²) in [5.74, 6) is -1.37. The monoisotopic (exact) mass is 431 g/mol. The maximum absolute atomic E-state index is 12.3. The number of alkyl halides is 3. The molecular formula is C18H24F3N5O4. The van der Waals surface area contributed by atoms with Crippen molar-refractivity contribution < 1.29 is 32.3 Å². The summed E-state index contributed by atoms with van der Waals surface area (Å²) in [5.41, 5.74) is 0.637. The summed E-state index contributed by atoms with van der Waals surface area (Å²) in [5, 5.41) is 9.53. The number of amides is 5. The Bertz CT molecular complexity index is 734. The van der Waals surface area contributed by atoms with Crippen LogP contribution in [0.25, 0.3) is 0 Å². The summed E-state index contributed by atoms with van der Waals surface area (Å²) in [7, 11) is 1.55. The molecule has 5 amide bonds. The number of carbonyl (C=O) groups is 3. The van der Waals surface area contributed by atoms with Gasteiger partial charge in [-0.1, -0.05) is 0 Å². The van der Waals surface area contributed by atoms with Crippen molar-refractivity contribution in [2.45, 2.75) is 25.1 Å². The van der Waals surface area contributed by atoms with E-state index in [0.29, 0.717) is 37.4 Å². The molecule has 1 heterocycles. The first-order chi connectivity index (χ1) is 14.2. The highest BCUT2D eigenvalue weighted by Gasteiger charge is 2.38. The van der Waals surface area contributed by atoms with Crippen molar-refractivity contribution in [3.05, 3.63) is 24.3 Å². The van der Waals surface area contributed by atoms with Crippen LogP contribution in [0.15, 0.2) is 24.3 Å². The average molecular weight is 431 g/mol. The molecule has 0 aromatic heterocycles. The number of methoxy groups -OCH3 is 1. The van der Waals surface area contributed by atoms with Gasteiger partial charge in [0.1, 0.15) is 5.75 Å². The predicted octanol–water partition coefficient (Wildman–Crippen LogP) is 1.67. The van der Waals surface area contributed by atoms with Gasteiger partial charge < -0.3 is 30.9 Å². The van der Waals surface area contributed by atoms with Crippen molar-refractivity contribution in [3.63, 3.8) is 0 Å². The van der Waals surface area contributed by atoms with Gasteiger partial charge in [-0.15, -0.1) is 0 Å². The molecule has 9 nitrogen and oxygen atoms in total. The molecule has 1 fully saturated rings. The lowest BCUT2D eigenvalue weighted by Crippen LogP contribution is -2.50. The van der Waals surface area contributed by atoms with E-state index in [0.717, 1.165) is 0 Å². The Balaban J connectivity index is 1.64. The molecule has 0 saturated carbocycles. The highest BCUT2D eigenvalue weighted by atomic mass is 19.4. The van der Waals surface area contributed by atoms with Crippen LogP contribution >= 0.6 is 0 Å². The van der Waals surface area contributed by atoms with Crippen molar-refractivity contribution in [1.29, 1.82) is 0 Å². The van der Waals surface area contributed by atoms with Gasteiger partial charge in [0.15, 0.2) is 0 Å². The summed E-state index contributed by atoms with van der Waals surface area (Å²) >= 11 is 0. The lowest BCUT2D eigenvalue weighted by molar-refractivity contribution is -0.173. The van der Waals surface area contributed by atoms with E-state index in [2.05, 4.69) is 16.0 Å². The number of hydrogen-bond acceptors (Lipinski definition) is 4. The van der Waals surface area contributed by atoms with Crippen LogP contribution in [0.2, 0.25) is 0 Å². The zero-order valence-corrected chi connectivity index (χ0v) is 16.3. The van der Waals surface area contributed by atoms with Crippen molar-refractivity contribution in [2.24, 2.45) is 0 Å². The Hall–Kier alpha value is -3.18. The molecule has 4 N–H and O–H groups in total. The maximum atomic E-state index is 12.3. The molecule has 0 aliphatic carbocycles. The van der Waals surface area contributed by atoms with Crippen LogP contribution in [0.4, 0.5) is 28.4 Å². The zero-order chi connectivity index (χ0) is 22.1. The SMILES string of the molecule is COc1ccc(NC(=O)N2CCC(NC(=O)NCCNC(=O)C(F)(F)F)CC2)cc1. The largest absolute Gasteiger partial charge is 0.497 e. The number of piperidine rings is 1. The molecular weight excluding hydrogens is 407 g/mol. The van der Waals surface area contributed by atoms with Gasteiger partial charge in [-0.2, -0.15) is 13.2 Å². The summed E-state index contributed by atoms with van der Waals surface area (Å²) in [4.78, 5) is 36.4. The second-order valence-electron chi connectivity index (χ2n) is 6.57. The Morgan fingerprint density at radius 3 is 2.23 bits per heavy atom. The Morgan fingerprint density at radius 1 is 1.07 bits per heavy atom. The summed E-state index contributed by atoms with van der Waals surface area (Å²) < 4.78 is 41.2. The number of likely N-dealkylation sites (tertiary alicyclic amines) is 1. The first-order valence-corrected chi connectivity index (χ1v) is 9.28. The van der Waals surface area contributed by atoms with E-state index in [1.165, 1.54) is 0 Å². The minimum absolute atomic E-state index is 0.142. The molecule has 1 aromatic carbocycles. The summed E-state index contributed by atoms with van der Waals surface area (Å²) in [6.07, 6.45) is -3.88. The lowest BCUT2D eigenvalue weighted by atomic mass is 10.1. The van der Waals surface area contributed by atoms with Gasteiger partial charge in [0.2, 0.25) is 0 Å². The van der Waals surface area contributed by atoms with Crippen LogP contribution in [0.5, 0.6) is 5.75 Å². The number of hydrogen-bond donors (Lipinski definition) is 4. The van der Waals surface area contributed by atoms with E-state index in [4.69, 9.17) is 4.74 Å². The van der Waals surface area contributed by atoms with E-state index in [9.17, 15) is 27.6 Å². The van der Waals surface area contributed by atoms with Crippen molar-refractivity contribution in [3.8, 4) is 5.75 Å². The van der Waals surface area contributed by atoms with Gasteiger partial charge in [-0.05, 0) is 37.1 Å². The second kappa shape index (κ2) is 10.6. The predicted molar refractivity (Wildman–Crippen MR) is 102 cm³/mol. The number of urea groups is 2. The molecule has 166 valence electrons. The number of anilines is 1. The highest BCUT2D eigenvalue weighted by Crippen LogP contribution is 2.17. The Kier molecular flexibility index (Phi) is 8.13. The van der Waals surface area contributed by atoms with E-state index < -0.39 is 18.1 Å². The van der Waals surface area contributed by atoms with Crippen molar-refractivity contribution in [1.82, 2.24) is 20.9 Å². The smallest absolute Gasteiger partial charge is 0.471 e. The van der Waals surface area contributed by atoms with Crippen LogP contribution < -0.4 is 26.0 Å². The van der Waals surface area contributed by atoms with Crippen LogP contribution in [-0.4, -0.2) is 68.4 Å². The molecule has 30 heavy (non-hydrogen) atoms. The summed E-state index contributed by atoms with van der Waals surface area (Å²) in [6, 6.07) is 5.97. The number of nitrogens with zero attached hydrogens (tertiary/aromatic N) is 1. The van der Waals surface area contributed by atoms with Gasteiger partial charge in [-0.25, -0.2) is 9.59 Å². The Morgan fingerprint density at radius 2 is 1.67 bits per heavy atom. The topological polar surface area (TPSA) is 112 Å². The molecule has 0 radical (unpaired) electrons. The maximum Gasteiger partial charge on any atom is 0.471 e. The van der Waals surface area contributed by atoms with Crippen molar-refractivity contribution in [2.75, 3.05) is 38.6 Å². The number of nitrogens with one attached hydrogen (secondary N) is 4. The fraction of sp³-hybridized carbons (Fsp3) is 0.500. The van der Waals surface area contributed by atoms with Gasteiger partial charge >= 0.3 is 24.1 Å². The van der Waals surface area contributed by atoms with E-state index >= 15 is 0 Å². The van der Waals surface area contributed by atoms with Crippen LogP contribution in [0.1, 0.15) is 12.8 Å². The van der Waals surface area contributed by atoms with Gasteiger partial charge in [0.25, 0.3) is 0 Å². The quantitative estimate of drug-likeness (QED) is 0.514. The molecule has 0 unspecified atom stereocenters. The van der Waals surface area contributed by atoms with Gasteiger partial charge in [0, 0.05) is 37.9 Å². The van der Waals surface area contributed by atoms with Gasteiger partial charge in [-0.3, -0.25) is 4.79 Å². The van der Waals surface area contributed by atoms with Crippen LogP contribution in [-0.2, 0) is 4.79 Å². The Labute approximate surface area is 171 Å². The van der Waals surface area contributed by atoms with Crippen LogP contribution in [0, 0.1) is 0 Å². The van der Waals surface area contributed by atoms with E-state index in [1.54, 1.807) is 41.6 Å². The van der Waals surface area contributed by atoms with E-state index in [-0.39, 0.29) is 25.2 Å². The summed E-state index contributed by atoms with van der Waals surface area (Å²) in [6.45, 7) is 0.398. The molecule has 1 aromatic rings. The van der Waals surface area contributed by atoms with Crippen molar-refractivity contribution >= 4 is 23.7 Å². The lowest BCUT2D eigenvalue weighted by Gasteiger charge is -2.32. The standard InChI is InChI=1S/C18H24F3N5O4/c1-30-14-4-2-12(3-5-14)25-17(29)26-10-6-13(7-11-26)24-16(28)23-9-8-22-15(27)18(19,20)21/h2-5,13H,6-11H2,1H3,(H,22,27)(H,25,29)(H2,23,24,28). The third-order valence-corrected chi connectivity index (χ3v) is 4.41. The normalized spacial score (nSPS) is 14.6. The first-order valence-electron chi connectivity index (χ1n) is 9.28. The zero-order valence-electron chi connectivity index (χ0n) is 16.3. The fourth-order valence-electron chi connectivity index (χ4n) is 2.79. The average Bonchev–Trinajstić information content (AvgIpc) is 2.71. The molecule has 0 atom stereocenters. The molecule has 0 bridgehead atoms. The number of ether oxygens (including phenoxy) is 1. The third-order valence-electron chi connectivity index (χ3n) is 4.41. The molecule has 1 aliphatic rings. The molecule has 12 heteroatoms. The number of rotatable bonds is 6. The first kappa shape index (κ1) is 23.1. The minimum Gasteiger partial charge on any atom is -0.497 e. The van der Waals surface area contributed by atoms with Gasteiger partial charge in [0.05, 0.1) is 7.11 Å². The number of halogens is 3. The molecule has 1 aliphatic heterocycles. The molecule has 1 saturated heterocycles. The third kappa shape index (κ3) is 7.33. The van der Waals surface area contributed by atoms with Crippen LogP contribution in [0.3, 0.4) is 0 Å². The number of benzene rings is 1. The fourth-order valence-corrected chi connectivity index (χ4v) is 2.79. The van der Waals surface area contributed by atoms with E-state index in [1.807, 2.05) is 0 Å².